The van der Waals surface area contributed by atoms with Gasteiger partial charge >= 0.3 is 0 Å². The first-order valence-electron chi connectivity index (χ1n) is 5.26. The van der Waals surface area contributed by atoms with Crippen LogP contribution in [0.2, 0.25) is 5.02 Å². The number of hydrogen-bond acceptors (Lipinski definition) is 4. The number of benzene rings is 1. The van der Waals surface area contributed by atoms with Crippen LogP contribution in [0.5, 0.6) is 0 Å². The van der Waals surface area contributed by atoms with Crippen molar-refractivity contribution in [2.24, 2.45) is 4.99 Å². The Morgan fingerprint density at radius 1 is 1.35 bits per heavy atom. The predicted molar refractivity (Wildman–Crippen MR) is 87.4 cm³/mol. The van der Waals surface area contributed by atoms with Crippen molar-refractivity contribution in [3.8, 4) is 0 Å². The van der Waals surface area contributed by atoms with Crippen LogP contribution in [0.15, 0.2) is 23.2 Å². The van der Waals surface area contributed by atoms with Gasteiger partial charge in [0.2, 0.25) is 0 Å². The van der Waals surface area contributed by atoms with E-state index in [0.717, 1.165) is 31.5 Å². The fourth-order valence-electron chi connectivity index (χ4n) is 1.14. The standard InChI is InChI=1S/C12H16ClNS3/c1-4-16-12(17-8-15-3)14-11-7-10(13)6-5-9(11)2/h5-7H,4,8H2,1-3H3. The van der Waals surface area contributed by atoms with Crippen molar-refractivity contribution in [3.05, 3.63) is 28.8 Å². The van der Waals surface area contributed by atoms with Crippen LogP contribution in [0.25, 0.3) is 0 Å². The molecule has 0 saturated carbocycles. The molecule has 1 aromatic carbocycles. The summed E-state index contributed by atoms with van der Waals surface area (Å²) in [6.45, 7) is 4.20. The van der Waals surface area contributed by atoms with Crippen LogP contribution in [0.3, 0.4) is 0 Å². The van der Waals surface area contributed by atoms with Gasteiger partial charge in [0.25, 0.3) is 0 Å². The van der Waals surface area contributed by atoms with Gasteiger partial charge in [0.05, 0.1) is 5.69 Å². The van der Waals surface area contributed by atoms with Crippen molar-refractivity contribution in [2.75, 3.05) is 17.1 Å². The minimum atomic E-state index is 0.741. The van der Waals surface area contributed by atoms with E-state index in [1.807, 2.05) is 30.0 Å². The van der Waals surface area contributed by atoms with Crippen LogP contribution in [-0.4, -0.2) is 21.5 Å². The van der Waals surface area contributed by atoms with Gasteiger partial charge in [-0.2, -0.15) is 11.8 Å². The van der Waals surface area contributed by atoms with E-state index in [1.54, 1.807) is 23.5 Å². The first kappa shape index (κ1) is 15.3. The zero-order valence-electron chi connectivity index (χ0n) is 10.2. The summed E-state index contributed by atoms with van der Waals surface area (Å²) in [4.78, 5) is 4.69. The van der Waals surface area contributed by atoms with Gasteiger partial charge in [0.1, 0.15) is 4.38 Å². The maximum Gasteiger partial charge on any atom is 0.131 e. The van der Waals surface area contributed by atoms with Gasteiger partial charge in [-0.1, -0.05) is 48.1 Å². The molecule has 0 amide bonds. The molecule has 94 valence electrons. The molecule has 0 unspecified atom stereocenters. The minimum Gasteiger partial charge on any atom is -0.235 e. The SMILES string of the molecule is CCSC(=Nc1cc(Cl)ccc1C)SCSC. The molecule has 1 nitrogen and oxygen atoms in total. The Balaban J connectivity index is 2.90. The number of thioether (sulfide) groups is 3. The number of halogens is 1. The van der Waals surface area contributed by atoms with E-state index in [2.05, 4.69) is 20.1 Å². The highest BCUT2D eigenvalue weighted by atomic mass is 35.5. The van der Waals surface area contributed by atoms with Crippen LogP contribution in [-0.2, 0) is 0 Å². The predicted octanol–water partition coefficient (Wildman–Crippen LogP) is 5.44. The summed E-state index contributed by atoms with van der Waals surface area (Å²) in [5, 5.41) is 1.77. The second-order valence-electron chi connectivity index (χ2n) is 3.29. The van der Waals surface area contributed by atoms with E-state index in [1.165, 1.54) is 0 Å². The highest BCUT2D eigenvalue weighted by molar-refractivity contribution is 8.41. The van der Waals surface area contributed by atoms with Gasteiger partial charge < -0.3 is 0 Å². The van der Waals surface area contributed by atoms with Gasteiger partial charge in [-0.15, -0.1) is 0 Å². The van der Waals surface area contributed by atoms with Gasteiger partial charge in [-0.05, 0) is 36.6 Å². The lowest BCUT2D eigenvalue weighted by molar-refractivity contribution is 1.41. The first-order chi connectivity index (χ1) is 8.17. The van der Waals surface area contributed by atoms with Gasteiger partial charge in [0.15, 0.2) is 0 Å². The largest absolute Gasteiger partial charge is 0.235 e. The van der Waals surface area contributed by atoms with Crippen molar-refractivity contribution >= 4 is 56.9 Å². The molecule has 0 bridgehead atoms. The molecule has 0 aliphatic rings. The van der Waals surface area contributed by atoms with E-state index in [-0.39, 0.29) is 0 Å². The summed E-state index contributed by atoms with van der Waals surface area (Å²) in [6, 6.07) is 5.83. The Labute approximate surface area is 121 Å². The fourth-order valence-corrected chi connectivity index (χ4v) is 3.87. The summed E-state index contributed by atoms with van der Waals surface area (Å²) < 4.78 is 1.12. The lowest BCUT2D eigenvalue weighted by Crippen LogP contribution is -1.88. The third-order valence-corrected chi connectivity index (χ3v) is 5.27. The van der Waals surface area contributed by atoms with E-state index in [4.69, 9.17) is 16.6 Å². The maximum atomic E-state index is 5.99. The third-order valence-electron chi connectivity index (χ3n) is 1.95. The van der Waals surface area contributed by atoms with E-state index in [9.17, 15) is 0 Å². The molecule has 0 spiro atoms. The zero-order valence-corrected chi connectivity index (χ0v) is 13.4. The van der Waals surface area contributed by atoms with Crippen LogP contribution < -0.4 is 0 Å². The number of nitrogens with zero attached hydrogens (tertiary/aromatic N) is 1. The van der Waals surface area contributed by atoms with Crippen LogP contribution in [0.4, 0.5) is 5.69 Å². The smallest absolute Gasteiger partial charge is 0.131 e. The minimum absolute atomic E-state index is 0.741. The van der Waals surface area contributed by atoms with Crippen molar-refractivity contribution in [3.63, 3.8) is 0 Å². The van der Waals surface area contributed by atoms with Crippen molar-refractivity contribution in [1.29, 1.82) is 0 Å². The fraction of sp³-hybridized carbons (Fsp3) is 0.417. The topological polar surface area (TPSA) is 12.4 Å². The lowest BCUT2D eigenvalue weighted by Gasteiger charge is -2.05. The Hall–Kier alpha value is 0.230. The molecular weight excluding hydrogens is 290 g/mol. The number of hydrogen-bond donors (Lipinski definition) is 0. The van der Waals surface area contributed by atoms with Crippen LogP contribution >= 0.6 is 46.9 Å². The van der Waals surface area contributed by atoms with Crippen LogP contribution in [0, 0.1) is 6.92 Å². The van der Waals surface area contributed by atoms with E-state index in [0.29, 0.717) is 0 Å². The van der Waals surface area contributed by atoms with Gasteiger partial charge in [0, 0.05) is 10.1 Å². The molecule has 5 heteroatoms. The average molecular weight is 306 g/mol. The lowest BCUT2D eigenvalue weighted by atomic mass is 10.2. The Morgan fingerprint density at radius 2 is 2.12 bits per heavy atom. The molecule has 0 radical (unpaired) electrons. The molecule has 0 heterocycles. The molecule has 0 aliphatic heterocycles. The van der Waals surface area contributed by atoms with Gasteiger partial charge in [-0.3, -0.25) is 0 Å². The number of aliphatic imine (C=N–C) groups is 1. The zero-order chi connectivity index (χ0) is 12.7. The molecule has 0 saturated heterocycles. The molecule has 1 rings (SSSR count). The molecule has 17 heavy (non-hydrogen) atoms. The second-order valence-corrected chi connectivity index (χ2v) is 7.44. The summed E-state index contributed by atoms with van der Waals surface area (Å²) in [5.41, 5.74) is 2.13. The summed E-state index contributed by atoms with van der Waals surface area (Å²) in [6.07, 6.45) is 2.10. The Morgan fingerprint density at radius 3 is 2.76 bits per heavy atom. The number of rotatable bonds is 4. The molecule has 0 aromatic heterocycles. The van der Waals surface area contributed by atoms with Gasteiger partial charge in [-0.25, -0.2) is 4.99 Å². The normalized spacial score (nSPS) is 11.9. The van der Waals surface area contributed by atoms with Crippen LogP contribution in [0.1, 0.15) is 12.5 Å². The van der Waals surface area contributed by atoms with Crippen molar-refractivity contribution < 1.29 is 0 Å². The molecule has 0 aliphatic carbocycles. The van der Waals surface area contributed by atoms with Crippen molar-refractivity contribution in [1.82, 2.24) is 0 Å². The highest BCUT2D eigenvalue weighted by Crippen LogP contribution is 2.28. The Kier molecular flexibility index (Phi) is 7.51. The number of aryl methyl sites for hydroxylation is 1. The summed E-state index contributed by atoms with van der Waals surface area (Å²) >= 11 is 11.4. The molecule has 0 N–H and O–H groups in total. The Bertz CT molecular complexity index is 393. The summed E-state index contributed by atoms with van der Waals surface area (Å²) in [5.74, 6) is 1.04. The third kappa shape index (κ3) is 5.60. The summed E-state index contributed by atoms with van der Waals surface area (Å²) in [7, 11) is 0. The average Bonchev–Trinajstić information content (AvgIpc) is 2.31. The monoisotopic (exact) mass is 305 g/mol. The molecule has 0 fully saturated rings. The molecular formula is C12H16ClNS3. The quantitative estimate of drug-likeness (QED) is 0.417. The molecule has 1 aromatic rings. The highest BCUT2D eigenvalue weighted by Gasteiger charge is 2.03. The second kappa shape index (κ2) is 8.35. The van der Waals surface area contributed by atoms with E-state index < -0.39 is 0 Å². The van der Waals surface area contributed by atoms with Crippen molar-refractivity contribution in [2.45, 2.75) is 13.8 Å². The first-order valence-corrected chi connectivity index (χ1v) is 9.01. The maximum absolute atomic E-state index is 5.99. The van der Waals surface area contributed by atoms with E-state index >= 15 is 0 Å². The molecule has 0 atom stereocenters.